The number of fused-ring (bicyclic) bond motifs is 5. The lowest BCUT2D eigenvalue weighted by molar-refractivity contribution is -0.166. The summed E-state index contributed by atoms with van der Waals surface area (Å²) in [4.78, 5) is 34.8. The van der Waals surface area contributed by atoms with Crippen molar-refractivity contribution >= 4 is 17.9 Å². The molecule has 0 aromatic heterocycles. The highest BCUT2D eigenvalue weighted by Crippen LogP contribution is 2.67. The average molecular weight is 433 g/mol. The fourth-order valence-corrected chi connectivity index (χ4v) is 8.07. The predicted molar refractivity (Wildman–Crippen MR) is 114 cm³/mol. The van der Waals surface area contributed by atoms with Gasteiger partial charge >= 0.3 is 17.9 Å². The molecule has 0 aromatic carbocycles. The van der Waals surface area contributed by atoms with Gasteiger partial charge in [-0.2, -0.15) is 0 Å². The Bertz CT molecular complexity index is 802. The molecule has 172 valence electrons. The van der Waals surface area contributed by atoms with Crippen LogP contribution in [0.25, 0.3) is 0 Å². The molecular weight excluding hydrogens is 396 g/mol. The first-order valence-electron chi connectivity index (χ1n) is 11.8. The van der Waals surface area contributed by atoms with Gasteiger partial charge in [0.15, 0.2) is 0 Å². The van der Waals surface area contributed by atoms with E-state index in [0.29, 0.717) is 30.1 Å². The highest BCUT2D eigenvalue weighted by molar-refractivity contribution is 5.81. The van der Waals surface area contributed by atoms with Gasteiger partial charge in [-0.15, -0.1) is 0 Å². The Morgan fingerprint density at radius 3 is 2.26 bits per heavy atom. The van der Waals surface area contributed by atoms with Crippen LogP contribution in [0.2, 0.25) is 0 Å². The number of aliphatic carboxylic acids is 1. The molecule has 4 rings (SSSR count). The zero-order valence-electron chi connectivity index (χ0n) is 19.2. The van der Waals surface area contributed by atoms with Gasteiger partial charge in [0.1, 0.15) is 12.2 Å². The summed E-state index contributed by atoms with van der Waals surface area (Å²) in [7, 11) is 0. The topological polar surface area (TPSA) is 89.9 Å². The second kappa shape index (κ2) is 7.93. The molecule has 31 heavy (non-hydrogen) atoms. The SMILES string of the molecule is CC(=O)OC1CCC2(C)C(CCC3C2CCC2(C)C(OC(C)=O)/C(=C/C(=O)O)CC32)C1. The minimum Gasteiger partial charge on any atom is -0.478 e. The Kier molecular flexibility index (Phi) is 5.72. The van der Waals surface area contributed by atoms with Crippen LogP contribution in [0.3, 0.4) is 0 Å². The number of rotatable bonds is 3. The monoisotopic (exact) mass is 432 g/mol. The average Bonchev–Trinajstić information content (AvgIpc) is 2.92. The molecule has 0 radical (unpaired) electrons. The zero-order valence-corrected chi connectivity index (χ0v) is 19.2. The first-order valence-corrected chi connectivity index (χ1v) is 11.8. The maximum Gasteiger partial charge on any atom is 0.328 e. The molecule has 6 nitrogen and oxygen atoms in total. The molecule has 8 atom stereocenters. The number of carbonyl (C=O) groups excluding carboxylic acids is 2. The highest BCUT2D eigenvalue weighted by Gasteiger charge is 2.62. The molecule has 4 aliphatic carbocycles. The maximum atomic E-state index is 11.8. The van der Waals surface area contributed by atoms with Crippen LogP contribution in [0.5, 0.6) is 0 Å². The first-order chi connectivity index (χ1) is 14.5. The number of hydrogen-bond donors (Lipinski definition) is 1. The Morgan fingerprint density at radius 1 is 0.935 bits per heavy atom. The third kappa shape index (κ3) is 3.80. The smallest absolute Gasteiger partial charge is 0.328 e. The van der Waals surface area contributed by atoms with Gasteiger partial charge in [-0.1, -0.05) is 13.8 Å². The molecule has 0 aromatic rings. The summed E-state index contributed by atoms with van der Waals surface area (Å²) >= 11 is 0. The van der Waals surface area contributed by atoms with E-state index < -0.39 is 12.1 Å². The number of carboxylic acid groups (broad SMARTS) is 1. The maximum absolute atomic E-state index is 11.8. The summed E-state index contributed by atoms with van der Waals surface area (Å²) in [6.07, 6.45) is 8.84. The molecule has 0 spiro atoms. The van der Waals surface area contributed by atoms with Crippen LogP contribution in [0, 0.1) is 34.5 Å². The second-order valence-electron chi connectivity index (χ2n) is 11.0. The van der Waals surface area contributed by atoms with E-state index in [1.54, 1.807) is 0 Å². The van der Waals surface area contributed by atoms with Crippen molar-refractivity contribution in [1.29, 1.82) is 0 Å². The van der Waals surface area contributed by atoms with Crippen LogP contribution < -0.4 is 0 Å². The second-order valence-corrected chi connectivity index (χ2v) is 11.0. The fraction of sp³-hybridized carbons (Fsp3) is 0.800. The molecule has 6 heteroatoms. The van der Waals surface area contributed by atoms with Gasteiger partial charge in [0.2, 0.25) is 0 Å². The molecule has 4 fully saturated rings. The third-order valence-electron chi connectivity index (χ3n) is 9.37. The lowest BCUT2D eigenvalue weighted by Crippen LogP contribution is -2.54. The van der Waals surface area contributed by atoms with E-state index >= 15 is 0 Å². The minimum atomic E-state index is -0.967. The minimum absolute atomic E-state index is 0.0471. The van der Waals surface area contributed by atoms with Gasteiger partial charge in [0, 0.05) is 25.3 Å². The van der Waals surface area contributed by atoms with Crippen molar-refractivity contribution in [2.24, 2.45) is 34.5 Å². The van der Waals surface area contributed by atoms with Gasteiger partial charge in [-0.3, -0.25) is 9.59 Å². The van der Waals surface area contributed by atoms with Gasteiger partial charge < -0.3 is 14.6 Å². The summed E-state index contributed by atoms with van der Waals surface area (Å²) in [5.74, 6) is 0.514. The number of esters is 2. The van der Waals surface area contributed by atoms with E-state index in [9.17, 15) is 19.5 Å². The van der Waals surface area contributed by atoms with Gasteiger partial charge in [-0.25, -0.2) is 4.79 Å². The van der Waals surface area contributed by atoms with E-state index in [2.05, 4.69) is 13.8 Å². The third-order valence-corrected chi connectivity index (χ3v) is 9.37. The number of carboxylic acids is 1. The highest BCUT2D eigenvalue weighted by atomic mass is 16.5. The number of carbonyl (C=O) groups is 3. The largest absolute Gasteiger partial charge is 0.478 e. The summed E-state index contributed by atoms with van der Waals surface area (Å²) < 4.78 is 11.3. The number of hydrogen-bond acceptors (Lipinski definition) is 5. The normalized spacial score (nSPS) is 45.2. The van der Waals surface area contributed by atoms with E-state index in [0.717, 1.165) is 50.5 Å². The van der Waals surface area contributed by atoms with Crippen molar-refractivity contribution in [1.82, 2.24) is 0 Å². The van der Waals surface area contributed by atoms with Crippen LogP contribution in [0.15, 0.2) is 11.6 Å². The van der Waals surface area contributed by atoms with Gasteiger partial charge in [0.05, 0.1) is 0 Å². The van der Waals surface area contributed by atoms with Crippen LogP contribution in [-0.4, -0.2) is 35.2 Å². The van der Waals surface area contributed by atoms with Crippen molar-refractivity contribution in [3.8, 4) is 0 Å². The Hall–Kier alpha value is -1.85. The molecule has 8 unspecified atom stereocenters. The summed E-state index contributed by atoms with van der Waals surface area (Å²) in [6, 6.07) is 0. The van der Waals surface area contributed by atoms with Crippen LogP contribution in [0.1, 0.15) is 79.1 Å². The van der Waals surface area contributed by atoms with Crippen molar-refractivity contribution in [3.05, 3.63) is 11.6 Å². The summed E-state index contributed by atoms with van der Waals surface area (Å²) in [6.45, 7) is 7.55. The standard InChI is InChI=1S/C25H36O6/c1-14(26)30-18-7-9-24(3)17(13-18)5-6-19-20(24)8-10-25(4)21(19)11-16(12-22(28)29)23(25)31-15(2)27/h12,17-21,23H,5-11,13H2,1-4H3,(H,28,29)/b16-12+. The lowest BCUT2D eigenvalue weighted by atomic mass is 9.45. The predicted octanol–water partition coefficient (Wildman–Crippen LogP) is 4.51. The van der Waals surface area contributed by atoms with E-state index in [1.165, 1.54) is 19.9 Å². The quantitative estimate of drug-likeness (QED) is 0.521. The Labute approximate surface area is 184 Å². The molecule has 0 amide bonds. The molecule has 1 N–H and O–H groups in total. The van der Waals surface area contributed by atoms with Crippen LogP contribution in [-0.2, 0) is 23.9 Å². The molecular formula is C25H36O6. The van der Waals surface area contributed by atoms with Crippen molar-refractivity contribution in [2.45, 2.75) is 91.3 Å². The Morgan fingerprint density at radius 2 is 1.61 bits per heavy atom. The van der Waals surface area contributed by atoms with E-state index in [4.69, 9.17) is 9.47 Å². The molecule has 4 saturated carbocycles. The first kappa shape index (κ1) is 22.3. The molecule has 0 bridgehead atoms. The van der Waals surface area contributed by atoms with Crippen LogP contribution in [0.4, 0.5) is 0 Å². The van der Waals surface area contributed by atoms with E-state index in [1.807, 2.05) is 0 Å². The van der Waals surface area contributed by atoms with Crippen molar-refractivity contribution < 1.29 is 29.0 Å². The zero-order chi connectivity index (χ0) is 22.6. The molecule has 4 aliphatic rings. The summed E-state index contributed by atoms with van der Waals surface area (Å²) in [5, 5.41) is 9.41. The number of ether oxygens (including phenoxy) is 2. The van der Waals surface area contributed by atoms with Gasteiger partial charge in [-0.05, 0) is 86.0 Å². The van der Waals surface area contributed by atoms with Crippen molar-refractivity contribution in [3.63, 3.8) is 0 Å². The lowest BCUT2D eigenvalue weighted by Gasteiger charge is -2.60. The molecule has 0 aliphatic heterocycles. The van der Waals surface area contributed by atoms with Gasteiger partial charge in [0.25, 0.3) is 0 Å². The van der Waals surface area contributed by atoms with E-state index in [-0.39, 0.29) is 28.9 Å². The molecule has 0 heterocycles. The van der Waals surface area contributed by atoms with Crippen LogP contribution >= 0.6 is 0 Å². The van der Waals surface area contributed by atoms with Crippen molar-refractivity contribution in [2.75, 3.05) is 0 Å². The Balaban J connectivity index is 1.59. The molecule has 0 saturated heterocycles. The fourth-order valence-electron chi connectivity index (χ4n) is 8.07. The summed E-state index contributed by atoms with van der Waals surface area (Å²) in [5.41, 5.74) is 0.797.